The van der Waals surface area contributed by atoms with Crippen LogP contribution in [0.1, 0.15) is 20.8 Å². The SMILES string of the molecule is CCN(CC)C(C)C(=O)F.F. The Labute approximate surface area is 65.7 Å². The van der Waals surface area contributed by atoms with Gasteiger partial charge < -0.3 is 0 Å². The van der Waals surface area contributed by atoms with E-state index in [9.17, 15) is 9.18 Å². The monoisotopic (exact) mass is 167 g/mol. The van der Waals surface area contributed by atoms with Crippen molar-refractivity contribution in [3.63, 3.8) is 0 Å². The van der Waals surface area contributed by atoms with Crippen LogP contribution in [0.5, 0.6) is 0 Å². The second-order valence-electron chi connectivity index (χ2n) is 2.20. The van der Waals surface area contributed by atoms with E-state index >= 15 is 0 Å². The highest BCUT2D eigenvalue weighted by molar-refractivity contribution is 5.73. The molecule has 1 atom stereocenters. The van der Waals surface area contributed by atoms with Crippen molar-refractivity contribution in [2.75, 3.05) is 13.1 Å². The first-order valence-electron chi connectivity index (χ1n) is 3.56. The van der Waals surface area contributed by atoms with Crippen molar-refractivity contribution in [3.8, 4) is 0 Å². The molecule has 11 heavy (non-hydrogen) atoms. The number of rotatable bonds is 4. The van der Waals surface area contributed by atoms with Gasteiger partial charge in [0.05, 0.1) is 6.04 Å². The first-order chi connectivity index (χ1) is 4.63. The molecule has 0 saturated carbocycles. The summed E-state index contributed by atoms with van der Waals surface area (Å²) in [7, 11) is 0. The van der Waals surface area contributed by atoms with Crippen LogP contribution in [-0.4, -0.2) is 30.1 Å². The fraction of sp³-hybridized carbons (Fsp3) is 0.857. The molecule has 0 aliphatic heterocycles. The van der Waals surface area contributed by atoms with E-state index in [1.165, 1.54) is 0 Å². The van der Waals surface area contributed by atoms with Gasteiger partial charge in [-0.3, -0.25) is 14.4 Å². The first kappa shape index (κ1) is 13.1. The molecule has 0 rings (SSSR count). The zero-order chi connectivity index (χ0) is 8.15. The molecule has 0 aromatic rings. The van der Waals surface area contributed by atoms with Crippen molar-refractivity contribution < 1.29 is 13.9 Å². The molecule has 0 N–H and O–H groups in total. The Morgan fingerprint density at radius 1 is 1.45 bits per heavy atom. The molecule has 68 valence electrons. The fourth-order valence-electron chi connectivity index (χ4n) is 0.915. The molecule has 0 saturated heterocycles. The molecule has 1 unspecified atom stereocenters. The number of nitrogens with zero attached hydrogens (tertiary/aromatic N) is 1. The molecule has 0 fully saturated rings. The van der Waals surface area contributed by atoms with Crippen LogP contribution >= 0.6 is 0 Å². The van der Waals surface area contributed by atoms with Crippen molar-refractivity contribution in [3.05, 3.63) is 0 Å². The van der Waals surface area contributed by atoms with Crippen molar-refractivity contribution >= 4 is 6.04 Å². The smallest absolute Gasteiger partial charge is 0.292 e. The number of hydrogen-bond acceptors (Lipinski definition) is 2. The summed E-state index contributed by atoms with van der Waals surface area (Å²) in [6, 6.07) is -1.82. The van der Waals surface area contributed by atoms with E-state index < -0.39 is 12.1 Å². The summed E-state index contributed by atoms with van der Waals surface area (Å²) in [6.45, 7) is 6.82. The van der Waals surface area contributed by atoms with E-state index in [2.05, 4.69) is 0 Å². The Morgan fingerprint density at radius 3 is 1.91 bits per heavy atom. The molecule has 2 nitrogen and oxygen atoms in total. The average molecular weight is 167 g/mol. The molecule has 4 heteroatoms. The Morgan fingerprint density at radius 2 is 1.82 bits per heavy atom. The summed E-state index contributed by atoms with van der Waals surface area (Å²) in [6.07, 6.45) is 0. The Balaban J connectivity index is 0. The molecule has 0 aliphatic carbocycles. The van der Waals surface area contributed by atoms with E-state index in [0.29, 0.717) is 13.1 Å². The van der Waals surface area contributed by atoms with Gasteiger partial charge in [-0.05, 0) is 20.0 Å². The minimum absolute atomic E-state index is 0. The van der Waals surface area contributed by atoms with Crippen LogP contribution in [0.2, 0.25) is 0 Å². The summed E-state index contributed by atoms with van der Waals surface area (Å²) >= 11 is 0. The second kappa shape index (κ2) is 6.22. The van der Waals surface area contributed by atoms with Gasteiger partial charge in [-0.1, -0.05) is 13.8 Å². The van der Waals surface area contributed by atoms with Gasteiger partial charge in [0.1, 0.15) is 0 Å². The van der Waals surface area contributed by atoms with Crippen LogP contribution in [0.25, 0.3) is 0 Å². The van der Waals surface area contributed by atoms with Crippen LogP contribution in [0.3, 0.4) is 0 Å². The Kier molecular flexibility index (Phi) is 7.41. The first-order valence-corrected chi connectivity index (χ1v) is 3.56. The van der Waals surface area contributed by atoms with Gasteiger partial charge in [-0.2, -0.15) is 4.39 Å². The van der Waals surface area contributed by atoms with E-state index in [1.807, 2.05) is 13.8 Å². The maximum absolute atomic E-state index is 12.0. The minimum atomic E-state index is -1.25. The highest BCUT2D eigenvalue weighted by atomic mass is 19.1. The van der Waals surface area contributed by atoms with Gasteiger partial charge >= 0.3 is 6.04 Å². The quantitative estimate of drug-likeness (QED) is 0.589. The molecule has 0 radical (unpaired) electrons. The highest BCUT2D eigenvalue weighted by Gasteiger charge is 2.17. The maximum atomic E-state index is 12.0. The van der Waals surface area contributed by atoms with Crippen molar-refractivity contribution in [2.45, 2.75) is 26.8 Å². The molecular formula is C7H15F2NO. The third-order valence-corrected chi connectivity index (χ3v) is 1.69. The van der Waals surface area contributed by atoms with Gasteiger partial charge in [0.15, 0.2) is 0 Å². The normalized spacial score (nSPS) is 12.5. The lowest BCUT2D eigenvalue weighted by atomic mass is 10.3. The lowest BCUT2D eigenvalue weighted by Gasteiger charge is -2.21. The van der Waals surface area contributed by atoms with Gasteiger partial charge in [0.25, 0.3) is 0 Å². The van der Waals surface area contributed by atoms with Crippen LogP contribution in [0.4, 0.5) is 9.09 Å². The van der Waals surface area contributed by atoms with Gasteiger partial charge in [-0.15, -0.1) is 0 Å². The predicted molar refractivity (Wildman–Crippen MR) is 41.0 cm³/mol. The standard InChI is InChI=1S/C7H14FNO.FH/c1-4-9(5-2)6(3)7(8)10;/h6H,4-5H2,1-3H3;1H. The summed E-state index contributed by atoms with van der Waals surface area (Å²) in [5.41, 5.74) is 0. The Bertz CT molecular complexity index is 115. The number of likely N-dealkylation sites (N-methyl/N-ethyl adjacent to an activating group) is 1. The van der Waals surface area contributed by atoms with E-state index in [1.54, 1.807) is 11.8 Å². The average Bonchev–Trinajstić information content (AvgIpc) is 1.90. The van der Waals surface area contributed by atoms with Gasteiger partial charge in [0.2, 0.25) is 0 Å². The Hall–Kier alpha value is -0.510. The molecule has 0 aromatic carbocycles. The minimum Gasteiger partial charge on any atom is -0.292 e. The van der Waals surface area contributed by atoms with Crippen LogP contribution < -0.4 is 0 Å². The topological polar surface area (TPSA) is 20.3 Å². The maximum Gasteiger partial charge on any atom is 0.318 e. The molecular weight excluding hydrogens is 152 g/mol. The van der Waals surface area contributed by atoms with Crippen LogP contribution in [0.15, 0.2) is 0 Å². The summed E-state index contributed by atoms with van der Waals surface area (Å²) in [5, 5.41) is 0. The fourth-order valence-corrected chi connectivity index (χ4v) is 0.915. The molecule has 0 amide bonds. The predicted octanol–water partition coefficient (Wildman–Crippen LogP) is 1.37. The summed E-state index contributed by atoms with van der Waals surface area (Å²) in [4.78, 5) is 12.0. The summed E-state index contributed by atoms with van der Waals surface area (Å²) < 4.78 is 12.0. The number of hydrogen-bond donors (Lipinski definition) is 0. The number of carbonyl (C=O) groups is 1. The third kappa shape index (κ3) is 4.03. The molecule has 0 heterocycles. The lowest BCUT2D eigenvalue weighted by molar-refractivity contribution is -0.134. The summed E-state index contributed by atoms with van der Waals surface area (Å²) in [5.74, 6) is 0. The van der Waals surface area contributed by atoms with Gasteiger partial charge in [-0.25, -0.2) is 0 Å². The largest absolute Gasteiger partial charge is 0.318 e. The van der Waals surface area contributed by atoms with Crippen LogP contribution in [0, 0.1) is 0 Å². The highest BCUT2D eigenvalue weighted by Crippen LogP contribution is 1.99. The molecule has 0 spiro atoms. The van der Waals surface area contributed by atoms with Crippen molar-refractivity contribution in [1.82, 2.24) is 4.90 Å². The zero-order valence-electron chi connectivity index (χ0n) is 7.13. The van der Waals surface area contributed by atoms with Crippen LogP contribution in [-0.2, 0) is 4.79 Å². The zero-order valence-corrected chi connectivity index (χ0v) is 7.13. The number of halogens is 2. The molecule has 0 bridgehead atoms. The third-order valence-electron chi connectivity index (χ3n) is 1.69. The van der Waals surface area contributed by atoms with Crippen molar-refractivity contribution in [1.29, 1.82) is 0 Å². The second-order valence-corrected chi connectivity index (χ2v) is 2.20. The van der Waals surface area contributed by atoms with E-state index in [0.717, 1.165) is 0 Å². The lowest BCUT2D eigenvalue weighted by Crippen LogP contribution is -2.36. The van der Waals surface area contributed by atoms with Gasteiger partial charge in [0, 0.05) is 0 Å². The van der Waals surface area contributed by atoms with Crippen molar-refractivity contribution in [2.24, 2.45) is 0 Å². The van der Waals surface area contributed by atoms with E-state index in [-0.39, 0.29) is 4.70 Å². The van der Waals surface area contributed by atoms with E-state index in [4.69, 9.17) is 0 Å². The molecule has 0 aliphatic rings. The molecule has 0 aromatic heterocycles. The number of carbonyl (C=O) groups excluding carboxylic acids is 1.